The first-order chi connectivity index (χ1) is 14.3. The van der Waals surface area contributed by atoms with Gasteiger partial charge >= 0.3 is 0 Å². The zero-order valence-corrected chi connectivity index (χ0v) is 18.9. The summed E-state index contributed by atoms with van der Waals surface area (Å²) in [5.41, 5.74) is 1.06. The number of aromatic nitrogens is 1. The molecule has 12 heteroatoms. The van der Waals surface area contributed by atoms with Crippen molar-refractivity contribution in [3.05, 3.63) is 58.0 Å². The van der Waals surface area contributed by atoms with E-state index >= 15 is 0 Å². The van der Waals surface area contributed by atoms with E-state index in [1.54, 1.807) is 19.9 Å². The Bertz CT molecular complexity index is 1400. The van der Waals surface area contributed by atoms with Crippen molar-refractivity contribution in [1.29, 1.82) is 0 Å². The Morgan fingerprint density at radius 1 is 1.10 bits per heavy atom. The third-order valence-electron chi connectivity index (χ3n) is 4.47. The Morgan fingerprint density at radius 3 is 2.29 bits per heavy atom. The fraction of sp³-hybridized carbons (Fsp3) is 0.211. The van der Waals surface area contributed by atoms with Gasteiger partial charge in [0.2, 0.25) is 19.9 Å². The number of benzene rings is 2. The summed E-state index contributed by atoms with van der Waals surface area (Å²) in [6, 6.07) is 6.81. The van der Waals surface area contributed by atoms with E-state index < -0.39 is 37.3 Å². The van der Waals surface area contributed by atoms with Gasteiger partial charge in [-0.2, -0.15) is 0 Å². The van der Waals surface area contributed by atoms with Crippen molar-refractivity contribution in [2.45, 2.75) is 23.6 Å². The van der Waals surface area contributed by atoms with Crippen LogP contribution in [-0.4, -0.2) is 40.0 Å². The van der Waals surface area contributed by atoms with Crippen LogP contribution in [0.4, 0.5) is 4.39 Å². The molecule has 1 heterocycles. The lowest BCUT2D eigenvalue weighted by Crippen LogP contribution is -2.32. The molecule has 0 unspecified atom stereocenters. The molecule has 1 aromatic heterocycles. The molecule has 8 nitrogen and oxygen atoms in total. The fourth-order valence-electron chi connectivity index (χ4n) is 3.20. The molecule has 0 spiro atoms. The van der Waals surface area contributed by atoms with Crippen molar-refractivity contribution < 1.29 is 26.0 Å². The topological polar surface area (TPSA) is 139 Å². The molecule has 0 aliphatic rings. The van der Waals surface area contributed by atoms with Crippen molar-refractivity contribution in [3.63, 3.8) is 0 Å². The lowest BCUT2D eigenvalue weighted by Gasteiger charge is -2.10. The number of hydrogen-bond donors (Lipinski definition) is 3. The van der Waals surface area contributed by atoms with Gasteiger partial charge in [-0.3, -0.25) is 4.79 Å². The van der Waals surface area contributed by atoms with Gasteiger partial charge in [-0.05, 0) is 49.2 Å². The van der Waals surface area contributed by atoms with E-state index in [0.29, 0.717) is 11.1 Å². The number of halogens is 2. The molecular weight excluding hydrogens is 469 g/mol. The lowest BCUT2D eigenvalue weighted by atomic mass is 10.2. The molecule has 1 amide bonds. The first kappa shape index (κ1) is 23.2. The fourth-order valence-corrected chi connectivity index (χ4v) is 5.54. The Labute approximate surface area is 183 Å². The number of carbonyl (C=O) groups excluding carboxylic acids is 1. The number of amides is 1. The molecule has 0 aliphatic carbocycles. The summed E-state index contributed by atoms with van der Waals surface area (Å²) in [4.78, 5) is 14.9. The van der Waals surface area contributed by atoms with E-state index in [-0.39, 0.29) is 38.0 Å². The second-order valence-electron chi connectivity index (χ2n) is 7.09. The van der Waals surface area contributed by atoms with Gasteiger partial charge in [0.25, 0.3) is 5.91 Å². The molecule has 2 aromatic carbocycles. The minimum absolute atomic E-state index is 0.0298. The Morgan fingerprint density at radius 2 is 1.71 bits per heavy atom. The van der Waals surface area contributed by atoms with Gasteiger partial charge in [-0.1, -0.05) is 17.7 Å². The molecule has 3 aromatic rings. The van der Waals surface area contributed by atoms with Crippen LogP contribution in [0, 0.1) is 19.7 Å². The van der Waals surface area contributed by atoms with Crippen LogP contribution in [0.2, 0.25) is 5.02 Å². The Hall–Kier alpha value is -2.47. The van der Waals surface area contributed by atoms with E-state index in [0.717, 1.165) is 12.1 Å². The molecule has 0 radical (unpaired) electrons. The highest BCUT2D eigenvalue weighted by Gasteiger charge is 2.30. The van der Waals surface area contributed by atoms with Crippen molar-refractivity contribution >= 4 is 48.3 Å². The number of primary sulfonamides is 1. The van der Waals surface area contributed by atoms with Gasteiger partial charge in [0.05, 0.1) is 21.2 Å². The number of sulfone groups is 1. The first-order valence-electron chi connectivity index (χ1n) is 8.92. The predicted octanol–water partition coefficient (Wildman–Crippen LogP) is 2.43. The standard InChI is InChI=1S/C19H19ClFN3O5S2/c1-10-5-11(2)7-12(6-10)31(28,29)18-13-8-14(20)15(21)9-16(13)24-17(18)19(25)23-3-4-30(22,26)27/h5-9,24H,3-4H2,1-2H3,(H,23,25)(H2,22,26,27). The van der Waals surface area contributed by atoms with Crippen LogP contribution >= 0.6 is 11.6 Å². The number of fused-ring (bicyclic) bond motifs is 1. The molecule has 0 bridgehead atoms. The molecule has 31 heavy (non-hydrogen) atoms. The molecule has 0 fully saturated rings. The normalized spacial score (nSPS) is 12.3. The second-order valence-corrected chi connectivity index (χ2v) is 11.1. The van der Waals surface area contributed by atoms with Crippen LogP contribution in [0.1, 0.15) is 21.6 Å². The summed E-state index contributed by atoms with van der Waals surface area (Å²) < 4.78 is 63.2. The van der Waals surface area contributed by atoms with Crippen molar-refractivity contribution in [3.8, 4) is 0 Å². The number of aryl methyl sites for hydroxylation is 2. The van der Waals surface area contributed by atoms with Gasteiger partial charge in [0, 0.05) is 11.9 Å². The molecule has 0 saturated heterocycles. The van der Waals surface area contributed by atoms with Crippen molar-refractivity contribution in [2.75, 3.05) is 12.3 Å². The van der Waals surface area contributed by atoms with Gasteiger partial charge in [-0.25, -0.2) is 26.4 Å². The van der Waals surface area contributed by atoms with E-state index in [2.05, 4.69) is 10.3 Å². The SMILES string of the molecule is Cc1cc(C)cc(S(=O)(=O)c2c(C(=O)NCCS(N)(=O)=O)[nH]c3cc(F)c(Cl)cc23)c1. The molecule has 0 atom stereocenters. The van der Waals surface area contributed by atoms with E-state index in [4.69, 9.17) is 16.7 Å². The summed E-state index contributed by atoms with van der Waals surface area (Å²) in [5, 5.41) is 6.95. The quantitative estimate of drug-likeness (QED) is 0.490. The summed E-state index contributed by atoms with van der Waals surface area (Å²) in [6.45, 7) is 3.12. The highest BCUT2D eigenvalue weighted by molar-refractivity contribution is 7.91. The van der Waals surface area contributed by atoms with Crippen LogP contribution in [0.15, 0.2) is 40.1 Å². The van der Waals surface area contributed by atoms with E-state index in [9.17, 15) is 26.0 Å². The minimum atomic E-state index is -4.24. The molecular formula is C19H19ClFN3O5S2. The summed E-state index contributed by atoms with van der Waals surface area (Å²) in [6.07, 6.45) is 0. The van der Waals surface area contributed by atoms with Crippen LogP contribution < -0.4 is 10.5 Å². The maximum absolute atomic E-state index is 14.0. The lowest BCUT2D eigenvalue weighted by molar-refractivity contribution is 0.0948. The molecule has 4 N–H and O–H groups in total. The van der Waals surface area contributed by atoms with E-state index in [1.807, 2.05) is 0 Å². The molecule has 3 rings (SSSR count). The zero-order valence-electron chi connectivity index (χ0n) is 16.5. The number of H-pyrrole nitrogens is 1. The highest BCUT2D eigenvalue weighted by atomic mass is 35.5. The first-order valence-corrected chi connectivity index (χ1v) is 12.5. The highest BCUT2D eigenvalue weighted by Crippen LogP contribution is 2.35. The van der Waals surface area contributed by atoms with Crippen molar-refractivity contribution in [2.24, 2.45) is 5.14 Å². The number of nitrogens with one attached hydrogen (secondary N) is 2. The summed E-state index contributed by atoms with van der Waals surface area (Å²) in [7, 11) is -8.08. The third kappa shape index (κ3) is 4.90. The average Bonchev–Trinajstić information content (AvgIpc) is 2.99. The van der Waals surface area contributed by atoms with Crippen LogP contribution in [0.3, 0.4) is 0 Å². The van der Waals surface area contributed by atoms with Crippen molar-refractivity contribution in [1.82, 2.24) is 10.3 Å². The average molecular weight is 488 g/mol. The maximum atomic E-state index is 14.0. The zero-order chi connectivity index (χ0) is 23.1. The summed E-state index contributed by atoms with van der Waals surface area (Å²) in [5.74, 6) is -2.23. The Balaban J connectivity index is 2.21. The number of carbonyl (C=O) groups is 1. The van der Waals surface area contributed by atoms with Gasteiger partial charge in [0.1, 0.15) is 16.4 Å². The van der Waals surface area contributed by atoms with Crippen LogP contribution in [0.5, 0.6) is 0 Å². The van der Waals surface area contributed by atoms with Gasteiger partial charge in [-0.15, -0.1) is 0 Å². The largest absolute Gasteiger partial charge is 0.350 e. The monoisotopic (exact) mass is 487 g/mol. The predicted molar refractivity (Wildman–Crippen MR) is 115 cm³/mol. The number of hydrogen-bond acceptors (Lipinski definition) is 5. The molecule has 166 valence electrons. The third-order valence-corrected chi connectivity index (χ3v) is 7.35. The maximum Gasteiger partial charge on any atom is 0.269 e. The number of nitrogens with two attached hydrogens (primary N) is 1. The van der Waals surface area contributed by atoms with Gasteiger partial charge < -0.3 is 10.3 Å². The number of sulfonamides is 1. The Kier molecular flexibility index (Phi) is 6.16. The molecule has 0 saturated carbocycles. The number of aromatic amines is 1. The van der Waals surface area contributed by atoms with E-state index in [1.165, 1.54) is 12.1 Å². The minimum Gasteiger partial charge on any atom is -0.350 e. The smallest absolute Gasteiger partial charge is 0.269 e. The van der Waals surface area contributed by atoms with Crippen LogP contribution in [-0.2, 0) is 19.9 Å². The number of rotatable bonds is 6. The summed E-state index contributed by atoms with van der Waals surface area (Å²) >= 11 is 5.86. The van der Waals surface area contributed by atoms with Crippen LogP contribution in [0.25, 0.3) is 10.9 Å². The van der Waals surface area contributed by atoms with Gasteiger partial charge in [0.15, 0.2) is 0 Å². The second kappa shape index (κ2) is 8.23. The molecule has 0 aliphatic heterocycles.